The minimum Gasteiger partial charge on any atom is -0.367 e. The Labute approximate surface area is 123 Å². The molecule has 0 aliphatic heterocycles. The first-order valence-corrected chi connectivity index (χ1v) is 7.73. The molecule has 1 saturated carbocycles. The second kappa shape index (κ2) is 5.87. The van der Waals surface area contributed by atoms with Crippen LogP contribution in [-0.4, -0.2) is 5.54 Å². The first kappa shape index (κ1) is 14.9. The van der Waals surface area contributed by atoms with Crippen LogP contribution in [0.15, 0.2) is 24.3 Å². The average Bonchev–Trinajstić information content (AvgIpc) is 2.38. The number of anilines is 1. The lowest BCUT2D eigenvalue weighted by Gasteiger charge is -2.44. The summed E-state index contributed by atoms with van der Waals surface area (Å²) < 4.78 is 0. The van der Waals surface area contributed by atoms with Crippen molar-refractivity contribution in [3.63, 3.8) is 0 Å². The third kappa shape index (κ3) is 2.98. The lowest BCUT2D eigenvalue weighted by atomic mass is 9.65. The first-order chi connectivity index (χ1) is 9.47. The Kier molecular flexibility index (Phi) is 4.38. The topological polar surface area (TPSA) is 35.8 Å². The average molecular weight is 270 g/mol. The van der Waals surface area contributed by atoms with Gasteiger partial charge in [0.15, 0.2) is 0 Å². The van der Waals surface area contributed by atoms with Gasteiger partial charge >= 0.3 is 0 Å². The second-order valence-electron chi connectivity index (χ2n) is 6.81. The molecule has 3 unspecified atom stereocenters. The van der Waals surface area contributed by atoms with Crippen molar-refractivity contribution in [1.29, 1.82) is 5.26 Å². The van der Waals surface area contributed by atoms with Crippen LogP contribution in [0.2, 0.25) is 0 Å². The largest absolute Gasteiger partial charge is 0.367 e. The van der Waals surface area contributed by atoms with E-state index in [4.69, 9.17) is 0 Å². The van der Waals surface area contributed by atoms with Crippen molar-refractivity contribution in [2.45, 2.75) is 52.5 Å². The van der Waals surface area contributed by atoms with Crippen molar-refractivity contribution in [2.24, 2.45) is 17.8 Å². The fourth-order valence-electron chi connectivity index (χ4n) is 3.70. The summed E-state index contributed by atoms with van der Waals surface area (Å²) in [5.74, 6) is 1.56. The summed E-state index contributed by atoms with van der Waals surface area (Å²) in [7, 11) is 0. The van der Waals surface area contributed by atoms with Gasteiger partial charge in [-0.2, -0.15) is 5.26 Å². The predicted octanol–water partition coefficient (Wildman–Crippen LogP) is 4.76. The Hall–Kier alpha value is -1.49. The quantitative estimate of drug-likeness (QED) is 0.859. The Bertz CT molecular complexity index is 500. The van der Waals surface area contributed by atoms with Crippen molar-refractivity contribution in [1.82, 2.24) is 0 Å². The van der Waals surface area contributed by atoms with Crippen LogP contribution in [0.5, 0.6) is 0 Å². The second-order valence-corrected chi connectivity index (χ2v) is 6.81. The molecular formula is C18H26N2. The summed E-state index contributed by atoms with van der Waals surface area (Å²) in [6.45, 7) is 8.84. The zero-order valence-electron chi connectivity index (χ0n) is 13.1. The fourth-order valence-corrected chi connectivity index (χ4v) is 3.70. The monoisotopic (exact) mass is 270 g/mol. The molecule has 1 fully saturated rings. The Morgan fingerprint density at radius 3 is 2.70 bits per heavy atom. The molecule has 3 atom stereocenters. The van der Waals surface area contributed by atoms with Crippen LogP contribution in [-0.2, 0) is 0 Å². The molecule has 1 aliphatic carbocycles. The lowest BCUT2D eigenvalue weighted by Crippen LogP contribution is -2.50. The summed E-state index contributed by atoms with van der Waals surface area (Å²) in [6, 6.07) is 11.0. The highest BCUT2D eigenvalue weighted by molar-refractivity contribution is 5.50. The highest BCUT2D eigenvalue weighted by atomic mass is 15.0. The maximum absolute atomic E-state index is 9.90. The molecule has 1 aromatic carbocycles. The molecule has 0 amide bonds. The van der Waals surface area contributed by atoms with E-state index in [2.05, 4.69) is 63.3 Å². The molecule has 2 rings (SSSR count). The molecule has 2 nitrogen and oxygen atoms in total. The zero-order valence-corrected chi connectivity index (χ0v) is 13.1. The number of nitrogens with one attached hydrogen (secondary N) is 1. The van der Waals surface area contributed by atoms with Gasteiger partial charge in [-0.05, 0) is 55.2 Å². The molecule has 20 heavy (non-hydrogen) atoms. The number of rotatable bonds is 3. The van der Waals surface area contributed by atoms with Crippen LogP contribution < -0.4 is 5.32 Å². The van der Waals surface area contributed by atoms with Gasteiger partial charge in [0.1, 0.15) is 5.54 Å². The van der Waals surface area contributed by atoms with Gasteiger partial charge < -0.3 is 5.32 Å². The summed E-state index contributed by atoms with van der Waals surface area (Å²) >= 11 is 0. The minimum atomic E-state index is -0.417. The van der Waals surface area contributed by atoms with Crippen LogP contribution in [0.3, 0.4) is 0 Å². The first-order valence-electron chi connectivity index (χ1n) is 7.73. The highest BCUT2D eigenvalue weighted by Gasteiger charge is 2.44. The van der Waals surface area contributed by atoms with Crippen LogP contribution in [0.4, 0.5) is 5.69 Å². The molecular weight excluding hydrogens is 244 g/mol. The Morgan fingerprint density at radius 1 is 1.35 bits per heavy atom. The lowest BCUT2D eigenvalue weighted by molar-refractivity contribution is 0.167. The molecule has 0 saturated heterocycles. The smallest absolute Gasteiger partial charge is 0.128 e. The van der Waals surface area contributed by atoms with E-state index in [9.17, 15) is 5.26 Å². The van der Waals surface area contributed by atoms with Crippen LogP contribution in [0.1, 0.15) is 45.6 Å². The van der Waals surface area contributed by atoms with E-state index in [0.717, 1.165) is 18.5 Å². The van der Waals surface area contributed by atoms with Crippen molar-refractivity contribution in [3.05, 3.63) is 29.8 Å². The van der Waals surface area contributed by atoms with Gasteiger partial charge in [-0.25, -0.2) is 0 Å². The Morgan fingerprint density at radius 2 is 2.10 bits per heavy atom. The van der Waals surface area contributed by atoms with Crippen LogP contribution in [0, 0.1) is 36.0 Å². The highest BCUT2D eigenvalue weighted by Crippen LogP contribution is 2.42. The Balaban J connectivity index is 2.32. The van der Waals surface area contributed by atoms with E-state index < -0.39 is 5.54 Å². The molecule has 0 radical (unpaired) electrons. The predicted molar refractivity (Wildman–Crippen MR) is 84.5 cm³/mol. The standard InChI is InChI=1S/C18H26N2/c1-13(2)17-9-8-15(4)11-18(17,12-19)20-16-7-5-6-14(3)10-16/h5-7,10,13,15,17,20H,8-9,11H2,1-4H3. The summed E-state index contributed by atoms with van der Waals surface area (Å²) in [6.07, 6.45) is 3.33. The van der Waals surface area contributed by atoms with E-state index in [0.29, 0.717) is 17.8 Å². The maximum atomic E-state index is 9.90. The van der Waals surface area contributed by atoms with Gasteiger partial charge in [-0.3, -0.25) is 0 Å². The summed E-state index contributed by atoms with van der Waals surface area (Å²) in [5, 5.41) is 13.5. The molecule has 108 valence electrons. The fraction of sp³-hybridized carbons (Fsp3) is 0.611. The zero-order chi connectivity index (χ0) is 14.8. The van der Waals surface area contributed by atoms with E-state index in [-0.39, 0.29) is 0 Å². The molecule has 1 aliphatic rings. The van der Waals surface area contributed by atoms with Crippen molar-refractivity contribution < 1.29 is 0 Å². The molecule has 0 spiro atoms. The summed E-state index contributed by atoms with van der Waals surface area (Å²) in [5.41, 5.74) is 1.89. The molecule has 1 N–H and O–H groups in total. The van der Waals surface area contributed by atoms with Crippen molar-refractivity contribution in [3.8, 4) is 6.07 Å². The number of aryl methyl sites for hydroxylation is 1. The molecule has 0 heterocycles. The van der Waals surface area contributed by atoms with Gasteiger partial charge in [-0.1, -0.05) is 39.3 Å². The third-order valence-electron chi connectivity index (χ3n) is 4.66. The molecule has 1 aromatic rings. The van der Waals surface area contributed by atoms with Gasteiger partial charge in [0.05, 0.1) is 6.07 Å². The number of hydrogen-bond donors (Lipinski definition) is 1. The maximum Gasteiger partial charge on any atom is 0.128 e. The van der Waals surface area contributed by atoms with E-state index in [1.165, 1.54) is 12.0 Å². The van der Waals surface area contributed by atoms with Gasteiger partial charge in [0, 0.05) is 5.69 Å². The van der Waals surface area contributed by atoms with E-state index in [1.54, 1.807) is 0 Å². The normalized spacial score (nSPS) is 30.0. The number of nitrogens with zero attached hydrogens (tertiary/aromatic N) is 1. The molecule has 0 aromatic heterocycles. The van der Waals surface area contributed by atoms with Gasteiger partial charge in [0.25, 0.3) is 0 Å². The van der Waals surface area contributed by atoms with Crippen LogP contribution in [0.25, 0.3) is 0 Å². The summed E-state index contributed by atoms with van der Waals surface area (Å²) in [4.78, 5) is 0. The third-order valence-corrected chi connectivity index (χ3v) is 4.66. The van der Waals surface area contributed by atoms with E-state index >= 15 is 0 Å². The molecule has 0 bridgehead atoms. The van der Waals surface area contributed by atoms with E-state index in [1.807, 2.05) is 0 Å². The molecule has 2 heteroatoms. The number of benzene rings is 1. The number of nitriles is 1. The van der Waals surface area contributed by atoms with Gasteiger partial charge in [0.2, 0.25) is 0 Å². The SMILES string of the molecule is Cc1cccc(NC2(C#N)CC(C)CCC2C(C)C)c1. The number of hydrogen-bond acceptors (Lipinski definition) is 2. The van der Waals surface area contributed by atoms with Gasteiger partial charge in [-0.15, -0.1) is 0 Å². The van der Waals surface area contributed by atoms with Crippen molar-refractivity contribution in [2.75, 3.05) is 5.32 Å². The minimum absolute atomic E-state index is 0.417. The van der Waals surface area contributed by atoms with Crippen molar-refractivity contribution >= 4 is 5.69 Å². The van der Waals surface area contributed by atoms with Crippen LogP contribution >= 0.6 is 0 Å².